The molecule has 2 amide bonds. The Labute approximate surface area is 161 Å². The first-order chi connectivity index (χ1) is 12.6. The Kier molecular flexibility index (Phi) is 6.46. The van der Waals surface area contributed by atoms with Gasteiger partial charge in [0.05, 0.1) is 19.6 Å². The number of quaternary nitrogens is 1. The van der Waals surface area contributed by atoms with E-state index in [0.717, 1.165) is 12.1 Å². The number of halogens is 1. The lowest BCUT2D eigenvalue weighted by atomic mass is 10.1. The number of rotatable bonds is 7. The maximum Gasteiger partial charge on any atom is 0.287 e. The summed E-state index contributed by atoms with van der Waals surface area (Å²) in [4.78, 5) is 25.5. The third kappa shape index (κ3) is 5.19. The van der Waals surface area contributed by atoms with Gasteiger partial charge >= 0.3 is 0 Å². The summed E-state index contributed by atoms with van der Waals surface area (Å²) >= 11 is 3.14. The maximum absolute atomic E-state index is 12.0. The van der Waals surface area contributed by atoms with Crippen molar-refractivity contribution in [2.45, 2.75) is 25.9 Å². The molecular weight excluding hydrogens is 398 g/mol. The Morgan fingerprint density at radius 1 is 1.04 bits per heavy atom. The first-order valence-electron chi connectivity index (χ1n) is 8.82. The van der Waals surface area contributed by atoms with Gasteiger partial charge in [0.25, 0.3) is 5.91 Å². The van der Waals surface area contributed by atoms with Crippen LogP contribution in [-0.2, 0) is 17.9 Å². The van der Waals surface area contributed by atoms with Crippen LogP contribution in [0.3, 0.4) is 0 Å². The molecule has 2 aromatic rings. The van der Waals surface area contributed by atoms with E-state index in [1.807, 2.05) is 18.2 Å². The normalized spacial score (nSPS) is 14.3. The number of likely N-dealkylation sites (tertiary alicyclic amines) is 1. The first kappa shape index (κ1) is 18.7. The molecule has 7 heteroatoms. The van der Waals surface area contributed by atoms with E-state index < -0.39 is 5.91 Å². The highest BCUT2D eigenvalue weighted by molar-refractivity contribution is 9.10. The largest absolute Gasteiger partial charge is 0.444 e. The summed E-state index contributed by atoms with van der Waals surface area (Å²) in [7, 11) is 0. The Bertz CT molecular complexity index is 769. The molecule has 0 aliphatic carbocycles. The molecule has 2 heterocycles. The van der Waals surface area contributed by atoms with E-state index in [4.69, 9.17) is 4.42 Å². The molecule has 6 nitrogen and oxygen atoms in total. The average Bonchev–Trinajstić information content (AvgIpc) is 3.30. The van der Waals surface area contributed by atoms with E-state index in [1.165, 1.54) is 31.5 Å². The number of furan rings is 1. The second kappa shape index (κ2) is 9.00. The fourth-order valence-electron chi connectivity index (χ4n) is 3.16. The molecule has 0 atom stereocenters. The second-order valence-electron chi connectivity index (χ2n) is 6.47. The predicted molar refractivity (Wildman–Crippen MR) is 101 cm³/mol. The summed E-state index contributed by atoms with van der Waals surface area (Å²) in [6, 6.07) is 11.4. The number of benzene rings is 1. The van der Waals surface area contributed by atoms with Crippen LogP contribution in [0.5, 0.6) is 0 Å². The van der Waals surface area contributed by atoms with E-state index in [2.05, 4.69) is 32.6 Å². The molecule has 0 unspecified atom stereocenters. The second-order valence-corrected chi connectivity index (χ2v) is 7.25. The number of amides is 2. The highest BCUT2D eigenvalue weighted by atomic mass is 79.9. The van der Waals surface area contributed by atoms with Gasteiger partial charge in [-0.15, -0.1) is 0 Å². The molecule has 26 heavy (non-hydrogen) atoms. The third-order valence-electron chi connectivity index (χ3n) is 4.55. The maximum atomic E-state index is 12.0. The quantitative estimate of drug-likeness (QED) is 0.631. The molecule has 0 saturated carbocycles. The molecule has 138 valence electrons. The van der Waals surface area contributed by atoms with Crippen LogP contribution in [0.1, 0.15) is 34.5 Å². The highest BCUT2D eigenvalue weighted by Crippen LogP contribution is 2.13. The zero-order chi connectivity index (χ0) is 18.4. The minimum atomic E-state index is -0.413. The van der Waals surface area contributed by atoms with Crippen LogP contribution in [0.15, 0.2) is 45.5 Å². The van der Waals surface area contributed by atoms with Crippen LogP contribution >= 0.6 is 15.9 Å². The Hall–Kier alpha value is -2.12. The summed E-state index contributed by atoms with van der Waals surface area (Å²) < 4.78 is 5.63. The summed E-state index contributed by atoms with van der Waals surface area (Å²) in [5.74, 6) is -0.472. The van der Waals surface area contributed by atoms with Gasteiger partial charge in [-0.25, -0.2) is 0 Å². The van der Waals surface area contributed by atoms with Gasteiger partial charge in [0.1, 0.15) is 6.54 Å². The predicted octanol–water partition coefficient (Wildman–Crippen LogP) is 1.27. The van der Waals surface area contributed by atoms with Crippen LogP contribution in [-0.4, -0.2) is 31.4 Å². The Morgan fingerprint density at radius 3 is 2.46 bits per heavy atom. The number of hydrogen-bond donors (Lipinski definition) is 3. The van der Waals surface area contributed by atoms with Crippen LogP contribution in [0.25, 0.3) is 0 Å². The lowest BCUT2D eigenvalue weighted by molar-refractivity contribution is -0.901. The van der Waals surface area contributed by atoms with Crippen molar-refractivity contribution >= 4 is 27.7 Å². The fraction of sp³-hybridized carbons (Fsp3) is 0.368. The lowest BCUT2D eigenvalue weighted by Crippen LogP contribution is -3.08. The summed E-state index contributed by atoms with van der Waals surface area (Å²) in [5, 5.41) is 5.43. The van der Waals surface area contributed by atoms with Gasteiger partial charge in [0, 0.05) is 24.9 Å². The number of hydrogen-bond acceptors (Lipinski definition) is 3. The van der Waals surface area contributed by atoms with Crippen molar-refractivity contribution in [2.24, 2.45) is 0 Å². The first-order valence-corrected chi connectivity index (χ1v) is 9.61. The van der Waals surface area contributed by atoms with Gasteiger partial charge < -0.3 is 20.0 Å². The zero-order valence-corrected chi connectivity index (χ0v) is 16.1. The van der Waals surface area contributed by atoms with Crippen LogP contribution in [0.4, 0.5) is 0 Å². The van der Waals surface area contributed by atoms with Crippen molar-refractivity contribution in [1.29, 1.82) is 0 Å². The van der Waals surface area contributed by atoms with Crippen molar-refractivity contribution in [2.75, 3.05) is 19.6 Å². The molecule has 1 aromatic heterocycles. The summed E-state index contributed by atoms with van der Waals surface area (Å²) in [6.07, 6.45) is 2.58. The molecule has 3 N–H and O–H groups in total. The zero-order valence-electron chi connectivity index (χ0n) is 14.5. The van der Waals surface area contributed by atoms with Gasteiger partial charge in [0.15, 0.2) is 10.4 Å². The third-order valence-corrected chi connectivity index (χ3v) is 4.98. The van der Waals surface area contributed by atoms with Crippen LogP contribution < -0.4 is 15.5 Å². The smallest absolute Gasteiger partial charge is 0.287 e. The van der Waals surface area contributed by atoms with E-state index in [9.17, 15) is 9.59 Å². The number of carbonyl (C=O) groups excluding carboxylic acids is 2. The topological polar surface area (TPSA) is 75.8 Å². The van der Waals surface area contributed by atoms with E-state index >= 15 is 0 Å². The highest BCUT2D eigenvalue weighted by Gasteiger charge is 2.17. The monoisotopic (exact) mass is 420 g/mol. The molecule has 3 rings (SSSR count). The van der Waals surface area contributed by atoms with Gasteiger partial charge in [-0.1, -0.05) is 24.3 Å². The fourth-order valence-corrected chi connectivity index (χ4v) is 3.47. The van der Waals surface area contributed by atoms with E-state index in [1.54, 1.807) is 17.0 Å². The standard InChI is InChI=1S/C19H22BrN3O3/c20-17-8-7-16(26-17)19(25)22-12-18(24)21-11-14-5-1-2-6-15(14)13-23-9-3-4-10-23/h1-2,5-8H,3-4,9-13H2,(H,21,24)(H,22,25)/p+1. The van der Waals surface area contributed by atoms with Crippen molar-refractivity contribution in [1.82, 2.24) is 10.6 Å². The van der Waals surface area contributed by atoms with Crippen molar-refractivity contribution in [3.05, 3.63) is 58.0 Å². The number of nitrogens with one attached hydrogen (secondary N) is 3. The summed E-state index contributed by atoms with van der Waals surface area (Å²) in [5.41, 5.74) is 2.40. The molecule has 1 fully saturated rings. The molecule has 1 aliphatic rings. The van der Waals surface area contributed by atoms with Crippen LogP contribution in [0.2, 0.25) is 0 Å². The van der Waals surface area contributed by atoms with E-state index in [-0.39, 0.29) is 18.2 Å². The Balaban J connectivity index is 1.47. The van der Waals surface area contributed by atoms with Crippen molar-refractivity contribution in [3.63, 3.8) is 0 Å². The molecule has 0 radical (unpaired) electrons. The molecule has 0 bridgehead atoms. The molecule has 1 aromatic carbocycles. The van der Waals surface area contributed by atoms with Crippen molar-refractivity contribution in [3.8, 4) is 0 Å². The summed E-state index contributed by atoms with van der Waals surface area (Å²) in [6.45, 7) is 3.81. The SMILES string of the molecule is O=C(CNC(=O)c1ccc(Br)o1)NCc1ccccc1C[NH+]1CCCC1. The van der Waals surface area contributed by atoms with Gasteiger partial charge in [0.2, 0.25) is 5.91 Å². The molecule has 1 saturated heterocycles. The van der Waals surface area contributed by atoms with E-state index in [0.29, 0.717) is 11.2 Å². The molecule has 0 spiro atoms. The average molecular weight is 421 g/mol. The van der Waals surface area contributed by atoms with Crippen LogP contribution in [0, 0.1) is 0 Å². The Morgan fingerprint density at radius 2 is 1.77 bits per heavy atom. The molecular formula is C19H23BrN3O3+. The van der Waals surface area contributed by atoms with Gasteiger partial charge in [-0.3, -0.25) is 9.59 Å². The van der Waals surface area contributed by atoms with Crippen molar-refractivity contribution < 1.29 is 18.9 Å². The minimum absolute atomic E-state index is 0.0866. The number of carbonyl (C=O) groups is 2. The van der Waals surface area contributed by atoms with Gasteiger partial charge in [-0.05, 0) is 33.6 Å². The minimum Gasteiger partial charge on any atom is -0.444 e. The van der Waals surface area contributed by atoms with Gasteiger partial charge in [-0.2, -0.15) is 0 Å². The lowest BCUT2D eigenvalue weighted by Gasteiger charge is -2.15. The molecule has 1 aliphatic heterocycles.